The molecule has 0 aromatic carbocycles. The number of aromatic amines is 1. The molecule has 1 aromatic heterocycles. The number of aryl methyl sites for hydroxylation is 1. The van der Waals surface area contributed by atoms with Crippen molar-refractivity contribution in [1.82, 2.24) is 9.88 Å². The van der Waals surface area contributed by atoms with Crippen LogP contribution in [0.5, 0.6) is 0 Å². The zero-order chi connectivity index (χ0) is 15.9. The molecule has 3 rings (SSSR count). The number of piperidine rings is 1. The Morgan fingerprint density at radius 2 is 2.05 bits per heavy atom. The minimum Gasteiger partial charge on any atom is -0.381 e. The van der Waals surface area contributed by atoms with Gasteiger partial charge in [-0.1, -0.05) is 0 Å². The zero-order valence-corrected chi connectivity index (χ0v) is 13.6. The fraction of sp³-hybridized carbons (Fsp3) is 0.647. The third kappa shape index (κ3) is 2.47. The molecule has 2 saturated heterocycles. The minimum absolute atomic E-state index is 0.0287. The van der Waals surface area contributed by atoms with Crippen LogP contribution >= 0.6 is 0 Å². The molecule has 22 heavy (non-hydrogen) atoms. The van der Waals surface area contributed by atoms with Crippen LogP contribution in [0.25, 0.3) is 0 Å². The van der Waals surface area contributed by atoms with Crippen molar-refractivity contribution in [3.63, 3.8) is 0 Å². The summed E-state index contributed by atoms with van der Waals surface area (Å²) in [6.45, 7) is 8.37. The van der Waals surface area contributed by atoms with Gasteiger partial charge >= 0.3 is 0 Å². The molecule has 0 bridgehead atoms. The molecule has 5 heteroatoms. The number of hydrogen-bond donors (Lipinski definition) is 1. The molecule has 1 amide bonds. The lowest BCUT2D eigenvalue weighted by atomic mass is 9.79. The second-order valence-electron chi connectivity index (χ2n) is 6.81. The highest BCUT2D eigenvalue weighted by Crippen LogP contribution is 2.38. The van der Waals surface area contributed by atoms with Gasteiger partial charge < -0.3 is 14.6 Å². The van der Waals surface area contributed by atoms with Crippen LogP contribution in [0.3, 0.4) is 0 Å². The van der Waals surface area contributed by atoms with Crippen LogP contribution < -0.4 is 0 Å². The molecule has 0 unspecified atom stereocenters. The molecule has 3 heterocycles. The normalized spacial score (nSPS) is 25.0. The first kappa shape index (κ1) is 15.3. The van der Waals surface area contributed by atoms with E-state index in [4.69, 9.17) is 4.74 Å². The van der Waals surface area contributed by atoms with Crippen molar-refractivity contribution in [2.24, 2.45) is 5.41 Å². The van der Waals surface area contributed by atoms with E-state index in [-0.39, 0.29) is 17.1 Å². The minimum atomic E-state index is -0.0287. The second kappa shape index (κ2) is 5.54. The van der Waals surface area contributed by atoms with Crippen molar-refractivity contribution >= 4 is 11.7 Å². The molecule has 5 nitrogen and oxygen atoms in total. The lowest BCUT2D eigenvalue weighted by Crippen LogP contribution is -2.46. The van der Waals surface area contributed by atoms with Crippen molar-refractivity contribution < 1.29 is 14.3 Å². The average Bonchev–Trinajstić information content (AvgIpc) is 3.03. The summed E-state index contributed by atoms with van der Waals surface area (Å²) < 4.78 is 5.57. The van der Waals surface area contributed by atoms with Gasteiger partial charge in [-0.15, -0.1) is 0 Å². The lowest BCUT2D eigenvalue weighted by Gasteiger charge is -2.39. The van der Waals surface area contributed by atoms with Crippen LogP contribution in [0.15, 0.2) is 0 Å². The summed E-state index contributed by atoms with van der Waals surface area (Å²) in [5, 5.41) is 0. The first-order chi connectivity index (χ1) is 10.4. The fourth-order valence-electron chi connectivity index (χ4n) is 3.93. The number of amides is 1. The van der Waals surface area contributed by atoms with Gasteiger partial charge in [-0.2, -0.15) is 0 Å². The van der Waals surface area contributed by atoms with Gasteiger partial charge in [-0.25, -0.2) is 0 Å². The van der Waals surface area contributed by atoms with E-state index in [1.54, 1.807) is 0 Å². The summed E-state index contributed by atoms with van der Waals surface area (Å²) >= 11 is 0. The first-order valence-electron chi connectivity index (χ1n) is 8.01. The van der Waals surface area contributed by atoms with Gasteiger partial charge in [0.05, 0.1) is 17.9 Å². The number of nitrogens with one attached hydrogen (secondary N) is 1. The van der Waals surface area contributed by atoms with Gasteiger partial charge in [-0.3, -0.25) is 9.59 Å². The summed E-state index contributed by atoms with van der Waals surface area (Å²) in [4.78, 5) is 29.7. The highest BCUT2D eigenvalue weighted by Gasteiger charge is 2.41. The number of nitrogens with zero attached hydrogens (tertiary/aromatic N) is 1. The molecule has 120 valence electrons. The van der Waals surface area contributed by atoms with Crippen LogP contribution in [0.1, 0.15) is 58.3 Å². The summed E-state index contributed by atoms with van der Waals surface area (Å²) in [6.07, 6.45) is 3.21. The van der Waals surface area contributed by atoms with E-state index >= 15 is 0 Å². The van der Waals surface area contributed by atoms with Gasteiger partial charge in [0.25, 0.3) is 5.91 Å². The Hall–Kier alpha value is -1.62. The highest BCUT2D eigenvalue weighted by molar-refractivity contribution is 6.02. The number of aromatic nitrogens is 1. The summed E-state index contributed by atoms with van der Waals surface area (Å²) in [7, 11) is 0. The number of ketones is 1. The Balaban J connectivity index is 1.86. The smallest absolute Gasteiger partial charge is 0.255 e. The summed E-state index contributed by atoms with van der Waals surface area (Å²) in [5.74, 6) is 0.0173. The van der Waals surface area contributed by atoms with Crippen molar-refractivity contribution in [3.8, 4) is 0 Å². The standard InChI is InChI=1S/C17H24N2O3/c1-11-14(12(2)18-15(11)13(3)20)16(21)19-7-4-5-17(9-19)6-8-22-10-17/h18H,4-10H2,1-3H3/t17-/m0/s1. The number of carbonyl (C=O) groups is 2. The van der Waals surface area contributed by atoms with E-state index in [9.17, 15) is 9.59 Å². The van der Waals surface area contributed by atoms with Crippen molar-refractivity contribution in [3.05, 3.63) is 22.5 Å². The summed E-state index contributed by atoms with van der Waals surface area (Å²) in [5.41, 5.74) is 2.93. The van der Waals surface area contributed by atoms with Crippen LogP contribution in [0, 0.1) is 19.3 Å². The maximum Gasteiger partial charge on any atom is 0.255 e. The zero-order valence-electron chi connectivity index (χ0n) is 13.6. The molecule has 2 fully saturated rings. The van der Waals surface area contributed by atoms with E-state index in [0.29, 0.717) is 11.3 Å². The van der Waals surface area contributed by atoms with Crippen LogP contribution in [-0.4, -0.2) is 47.9 Å². The van der Waals surface area contributed by atoms with Crippen LogP contribution in [0.2, 0.25) is 0 Å². The Morgan fingerprint density at radius 1 is 1.27 bits per heavy atom. The number of likely N-dealkylation sites (tertiary alicyclic amines) is 1. The highest BCUT2D eigenvalue weighted by atomic mass is 16.5. The molecular formula is C17H24N2O3. The predicted octanol–water partition coefficient (Wildman–Crippen LogP) is 2.48. The maximum absolute atomic E-state index is 13.0. The molecule has 1 spiro atoms. The van der Waals surface area contributed by atoms with Crippen LogP contribution in [-0.2, 0) is 4.74 Å². The molecule has 2 aliphatic rings. The quantitative estimate of drug-likeness (QED) is 0.854. The molecule has 2 aliphatic heterocycles. The molecule has 0 radical (unpaired) electrons. The first-order valence-corrected chi connectivity index (χ1v) is 8.01. The fourth-order valence-corrected chi connectivity index (χ4v) is 3.93. The molecule has 1 aromatic rings. The Morgan fingerprint density at radius 3 is 2.64 bits per heavy atom. The molecular weight excluding hydrogens is 280 g/mol. The second-order valence-corrected chi connectivity index (χ2v) is 6.81. The third-order valence-electron chi connectivity index (χ3n) is 5.14. The molecule has 1 atom stereocenters. The maximum atomic E-state index is 13.0. The van der Waals surface area contributed by atoms with Gasteiger partial charge in [0, 0.05) is 37.7 Å². The topological polar surface area (TPSA) is 62.4 Å². The number of Topliss-reactive ketones (excluding diaryl/α,β-unsaturated/α-hetero) is 1. The molecule has 1 N–H and O–H groups in total. The van der Waals surface area contributed by atoms with E-state index in [2.05, 4.69) is 4.98 Å². The Bertz CT molecular complexity index is 612. The van der Waals surface area contributed by atoms with Crippen molar-refractivity contribution in [1.29, 1.82) is 0 Å². The number of H-pyrrole nitrogens is 1. The van der Waals surface area contributed by atoms with Gasteiger partial charge in [0.15, 0.2) is 5.78 Å². The van der Waals surface area contributed by atoms with E-state index in [0.717, 1.165) is 56.8 Å². The van der Waals surface area contributed by atoms with Gasteiger partial charge in [0.2, 0.25) is 0 Å². The largest absolute Gasteiger partial charge is 0.381 e. The Labute approximate surface area is 131 Å². The lowest BCUT2D eigenvalue weighted by molar-refractivity contribution is 0.0461. The average molecular weight is 304 g/mol. The van der Waals surface area contributed by atoms with Gasteiger partial charge in [-0.05, 0) is 38.7 Å². The van der Waals surface area contributed by atoms with E-state index in [1.165, 1.54) is 6.92 Å². The van der Waals surface area contributed by atoms with E-state index in [1.807, 2.05) is 18.7 Å². The number of carbonyl (C=O) groups excluding carboxylic acids is 2. The van der Waals surface area contributed by atoms with Crippen LogP contribution in [0.4, 0.5) is 0 Å². The predicted molar refractivity (Wildman–Crippen MR) is 83.3 cm³/mol. The third-order valence-corrected chi connectivity index (χ3v) is 5.14. The van der Waals surface area contributed by atoms with Crippen molar-refractivity contribution in [2.45, 2.75) is 40.0 Å². The molecule has 0 aliphatic carbocycles. The summed E-state index contributed by atoms with van der Waals surface area (Å²) in [6, 6.07) is 0. The monoisotopic (exact) mass is 304 g/mol. The van der Waals surface area contributed by atoms with E-state index < -0.39 is 0 Å². The number of ether oxygens (including phenoxy) is 1. The molecule has 0 saturated carbocycles. The number of hydrogen-bond acceptors (Lipinski definition) is 3. The SMILES string of the molecule is CC(=O)c1[nH]c(C)c(C(=O)N2CCC[C@]3(CCOC3)C2)c1C. The van der Waals surface area contributed by atoms with Crippen molar-refractivity contribution in [2.75, 3.05) is 26.3 Å². The number of rotatable bonds is 2. The van der Waals surface area contributed by atoms with Gasteiger partial charge in [0.1, 0.15) is 0 Å². The Kier molecular flexibility index (Phi) is 3.85.